The van der Waals surface area contributed by atoms with Crippen LogP contribution in [0.1, 0.15) is 6.92 Å². The number of rotatable bonds is 0. The highest BCUT2D eigenvalue weighted by molar-refractivity contribution is 5.19. The lowest BCUT2D eigenvalue weighted by Gasteiger charge is -2.43. The second-order valence-electron chi connectivity index (χ2n) is 15.2. The molecule has 9 aliphatic rings. The van der Waals surface area contributed by atoms with Crippen molar-refractivity contribution in [1.29, 1.82) is 0 Å². The van der Waals surface area contributed by atoms with Crippen LogP contribution in [-0.2, 0) is 0 Å². The van der Waals surface area contributed by atoms with E-state index in [0.29, 0.717) is 0 Å². The predicted molar refractivity (Wildman–Crippen MR) is 176 cm³/mol. The molecule has 0 spiro atoms. The van der Waals surface area contributed by atoms with Gasteiger partial charge in [-0.15, -0.1) is 0 Å². The van der Waals surface area contributed by atoms with E-state index in [1.54, 1.807) is 0 Å². The molecule has 24 atom stereocenters. The SMILES string of the molecule is CC1NC2C3NC(NC4NC(NC5NC(NC6NC(N3)C3NC(N)C(N)NC63)C3NC(N)C(N)NC53)C3NC(N)C(N)NC43)C2NC1N. The molecule has 0 radical (unpaired) electrons. The largest absolute Gasteiger partial charge is 0.315 e. The van der Waals surface area contributed by atoms with E-state index in [0.717, 1.165) is 0 Å². The van der Waals surface area contributed by atoms with Crippen molar-refractivity contribution in [3.05, 3.63) is 0 Å². The van der Waals surface area contributed by atoms with Gasteiger partial charge >= 0.3 is 0 Å². The van der Waals surface area contributed by atoms with E-state index in [2.05, 4.69) is 92.0 Å². The molecule has 0 aromatic rings. The van der Waals surface area contributed by atoms with E-state index in [-0.39, 0.29) is 110 Å². The molecular weight excluding hydrogens is 622 g/mol. The molecule has 23 heteroatoms. The molecule has 0 aromatic heterocycles. The van der Waals surface area contributed by atoms with Crippen molar-refractivity contribution in [2.75, 3.05) is 0 Å². The highest BCUT2D eigenvalue weighted by Gasteiger charge is 2.57. The fraction of sp³-hybridized carbons (Fsp3) is 1.00. The van der Waals surface area contributed by atoms with Crippen molar-refractivity contribution in [1.82, 2.24) is 85.1 Å². The summed E-state index contributed by atoms with van der Waals surface area (Å²) in [6.07, 6.45) is -4.30. The Hall–Kier alpha value is -0.920. The normalized spacial score (nSPS) is 62.5. The standard InChI is InChI=1S/C25H57N23/c1-2-11(26)34-4-3(33-2)18-41-19(4)43-21-7-8(38-15(30)14(29)37-7)23(45-21)47-25-10-9(39-16(31)17(32)40-10)24(48-25)46-22-6-5(20(42-18)44-22)35-12(27)13(28)36-6/h2-25,33-48H,26-32H2,1H3. The molecule has 23 nitrogen and oxygen atoms in total. The van der Waals surface area contributed by atoms with Crippen LogP contribution >= 0.6 is 0 Å². The molecule has 0 aromatic carbocycles. The number of fused-ring (bicyclic) bond motifs is 20. The number of hydrogen-bond acceptors (Lipinski definition) is 23. The zero-order chi connectivity index (χ0) is 33.2. The smallest absolute Gasteiger partial charge is 0.0842 e. The van der Waals surface area contributed by atoms with Gasteiger partial charge in [0.25, 0.3) is 0 Å². The van der Waals surface area contributed by atoms with Crippen molar-refractivity contribution in [3.63, 3.8) is 0 Å². The second kappa shape index (κ2) is 12.3. The minimum atomic E-state index is -0.434. The van der Waals surface area contributed by atoms with Gasteiger partial charge in [0.05, 0.1) is 141 Å². The minimum Gasteiger partial charge on any atom is -0.315 e. The Morgan fingerprint density at radius 1 is 0.229 bits per heavy atom. The van der Waals surface area contributed by atoms with E-state index in [4.69, 9.17) is 40.1 Å². The quantitative estimate of drug-likeness (QED) is 0.113. The topological polar surface area (TPSA) is 375 Å². The van der Waals surface area contributed by atoms with Crippen molar-refractivity contribution in [3.8, 4) is 0 Å². The van der Waals surface area contributed by atoms with Crippen LogP contribution in [-0.4, -0.2) is 147 Å². The zero-order valence-electron chi connectivity index (χ0n) is 26.9. The molecule has 48 heavy (non-hydrogen) atoms. The van der Waals surface area contributed by atoms with Crippen LogP contribution in [0.4, 0.5) is 0 Å². The summed E-state index contributed by atoms with van der Waals surface area (Å²) in [4.78, 5) is 0. The highest BCUT2D eigenvalue weighted by atomic mass is 15.5. The second-order valence-corrected chi connectivity index (χ2v) is 15.2. The summed E-state index contributed by atoms with van der Waals surface area (Å²) in [6, 6.07) is -0.548. The molecule has 0 aliphatic carbocycles. The molecule has 30 N–H and O–H groups in total. The van der Waals surface area contributed by atoms with Crippen molar-refractivity contribution < 1.29 is 0 Å². The monoisotopic (exact) mass is 680 g/mol. The molecular formula is C25H57N23. The lowest BCUT2D eigenvalue weighted by atomic mass is 9.98. The van der Waals surface area contributed by atoms with Crippen LogP contribution in [0, 0.1) is 0 Å². The molecule has 0 saturated carbocycles. The average molecular weight is 680 g/mol. The summed E-state index contributed by atoms with van der Waals surface area (Å²) < 4.78 is 0. The van der Waals surface area contributed by atoms with Crippen LogP contribution in [0.2, 0.25) is 0 Å². The van der Waals surface area contributed by atoms with Crippen LogP contribution in [0.15, 0.2) is 0 Å². The molecule has 24 unspecified atom stereocenters. The number of piperazine rings is 4. The highest BCUT2D eigenvalue weighted by Crippen LogP contribution is 2.26. The Morgan fingerprint density at radius 3 is 0.604 bits per heavy atom. The number of nitrogens with one attached hydrogen (secondary N) is 16. The number of hydrogen-bond donors (Lipinski definition) is 23. The fourth-order valence-corrected chi connectivity index (χ4v) is 9.58. The third kappa shape index (κ3) is 5.42. The fourth-order valence-electron chi connectivity index (χ4n) is 9.58. The Kier molecular flexibility index (Phi) is 8.48. The van der Waals surface area contributed by atoms with Gasteiger partial charge in [0.2, 0.25) is 0 Å². The van der Waals surface area contributed by atoms with Gasteiger partial charge in [0.1, 0.15) is 0 Å². The summed E-state index contributed by atoms with van der Waals surface area (Å²) in [5, 5.41) is 59.6. The van der Waals surface area contributed by atoms with Crippen molar-refractivity contribution in [2.24, 2.45) is 40.1 Å². The Balaban J connectivity index is 1.07. The first kappa shape index (κ1) is 33.0. The summed E-state index contributed by atoms with van der Waals surface area (Å²) in [5.74, 6) is 0. The summed E-state index contributed by atoms with van der Waals surface area (Å²) in [6.45, 7) is 2.10. The lowest BCUT2D eigenvalue weighted by Crippen LogP contribution is -2.77. The molecule has 9 fully saturated rings. The first-order valence-electron chi connectivity index (χ1n) is 17.5. The lowest BCUT2D eigenvalue weighted by molar-refractivity contribution is 0.171. The van der Waals surface area contributed by atoms with Gasteiger partial charge in [-0.25, -0.2) is 0 Å². The average Bonchev–Trinajstić information content (AvgIpc) is 3.74. The van der Waals surface area contributed by atoms with Crippen molar-refractivity contribution in [2.45, 2.75) is 154 Å². The van der Waals surface area contributed by atoms with E-state index in [1.165, 1.54) is 0 Å². The summed E-state index contributed by atoms with van der Waals surface area (Å²) >= 11 is 0. The van der Waals surface area contributed by atoms with Gasteiger partial charge in [-0.2, -0.15) is 0 Å². The molecule has 9 aliphatic heterocycles. The Morgan fingerprint density at radius 2 is 0.396 bits per heavy atom. The molecule has 0 amide bonds. The van der Waals surface area contributed by atoms with E-state index >= 15 is 0 Å². The van der Waals surface area contributed by atoms with Gasteiger partial charge in [-0.05, 0) is 6.92 Å². The molecule has 272 valence electrons. The van der Waals surface area contributed by atoms with Crippen LogP contribution in [0.25, 0.3) is 0 Å². The molecule has 9 rings (SSSR count). The Labute approximate surface area is 279 Å². The molecule has 8 bridgehead atoms. The van der Waals surface area contributed by atoms with E-state index in [9.17, 15) is 0 Å². The maximum Gasteiger partial charge on any atom is 0.0842 e. The van der Waals surface area contributed by atoms with E-state index < -0.39 is 37.0 Å². The third-order valence-electron chi connectivity index (χ3n) is 12.1. The summed E-state index contributed by atoms with van der Waals surface area (Å²) in [5.41, 5.74) is 45.2. The molecule has 9 heterocycles. The van der Waals surface area contributed by atoms with Crippen LogP contribution in [0.3, 0.4) is 0 Å². The predicted octanol–water partition coefficient (Wildman–Crippen LogP) is -13.5. The van der Waals surface area contributed by atoms with Crippen LogP contribution < -0.4 is 125 Å². The van der Waals surface area contributed by atoms with Crippen LogP contribution in [0.5, 0.6) is 0 Å². The Bertz CT molecular complexity index is 929. The first-order chi connectivity index (χ1) is 23.0. The molecule has 9 saturated heterocycles. The summed E-state index contributed by atoms with van der Waals surface area (Å²) in [7, 11) is 0. The minimum absolute atomic E-state index is 0.00797. The number of nitrogens with two attached hydrogens (primary N) is 7. The van der Waals surface area contributed by atoms with Gasteiger partial charge in [-0.1, -0.05) is 0 Å². The maximum absolute atomic E-state index is 6.55. The van der Waals surface area contributed by atoms with Crippen molar-refractivity contribution >= 4 is 0 Å². The first-order valence-corrected chi connectivity index (χ1v) is 17.5. The van der Waals surface area contributed by atoms with Gasteiger partial charge in [0.15, 0.2) is 0 Å². The maximum atomic E-state index is 6.55. The van der Waals surface area contributed by atoms with E-state index in [1.807, 2.05) is 0 Å². The third-order valence-corrected chi connectivity index (χ3v) is 12.1. The van der Waals surface area contributed by atoms with Gasteiger partial charge < -0.3 is 45.5 Å². The van der Waals surface area contributed by atoms with Gasteiger partial charge in [0, 0.05) is 6.04 Å². The zero-order valence-corrected chi connectivity index (χ0v) is 26.9. The van der Waals surface area contributed by atoms with Gasteiger partial charge in [-0.3, -0.25) is 79.8 Å².